The van der Waals surface area contributed by atoms with Crippen LogP contribution in [0.2, 0.25) is 5.02 Å². The Morgan fingerprint density at radius 3 is 2.88 bits per heavy atom. The highest BCUT2D eigenvalue weighted by Crippen LogP contribution is 2.26. The normalized spacial score (nSPS) is 10.3. The second kappa shape index (κ2) is 4.37. The summed E-state index contributed by atoms with van der Waals surface area (Å²) in [6, 6.07) is 7.09. The molecule has 2 aromatic rings. The van der Waals surface area contributed by atoms with E-state index in [1.54, 1.807) is 18.2 Å². The van der Waals surface area contributed by atoms with Crippen LogP contribution in [0.1, 0.15) is 5.76 Å². The number of aliphatic carboxylic acids is 1. The summed E-state index contributed by atoms with van der Waals surface area (Å²) in [5, 5.41) is 9.11. The van der Waals surface area contributed by atoms with Gasteiger partial charge in [-0.15, -0.1) is 0 Å². The predicted molar refractivity (Wildman–Crippen MR) is 58.3 cm³/mol. The molecule has 1 aromatic carbocycles. The molecule has 0 aliphatic rings. The first-order chi connectivity index (χ1) is 7.66. The zero-order valence-electron chi connectivity index (χ0n) is 8.18. The summed E-state index contributed by atoms with van der Waals surface area (Å²) in [7, 11) is 0. The molecule has 0 amide bonds. The Balaban J connectivity index is 2.32. The second-order valence-corrected chi connectivity index (χ2v) is 3.59. The maximum absolute atomic E-state index is 10.5. The van der Waals surface area contributed by atoms with E-state index in [-0.39, 0.29) is 6.42 Å². The van der Waals surface area contributed by atoms with E-state index >= 15 is 0 Å². The minimum absolute atomic E-state index is 0.183. The van der Waals surface area contributed by atoms with Crippen molar-refractivity contribution in [1.82, 2.24) is 4.98 Å². The fourth-order valence-corrected chi connectivity index (χ4v) is 1.51. The smallest absolute Gasteiger partial charge is 0.311 e. The van der Waals surface area contributed by atoms with E-state index < -0.39 is 5.97 Å². The van der Waals surface area contributed by atoms with Crippen molar-refractivity contribution in [2.45, 2.75) is 6.42 Å². The zero-order valence-corrected chi connectivity index (χ0v) is 8.94. The van der Waals surface area contributed by atoms with Gasteiger partial charge in [0.25, 0.3) is 0 Å². The minimum Gasteiger partial charge on any atom is -0.481 e. The Morgan fingerprint density at radius 1 is 1.44 bits per heavy atom. The van der Waals surface area contributed by atoms with Gasteiger partial charge in [0, 0.05) is 0 Å². The molecule has 1 heterocycles. The number of halogens is 1. The molecule has 0 fully saturated rings. The van der Waals surface area contributed by atoms with Crippen LogP contribution in [0.15, 0.2) is 34.9 Å². The lowest BCUT2D eigenvalue weighted by molar-refractivity contribution is -0.136. The standard InChI is InChI=1S/C11H8ClNO3/c12-9-4-2-1-3-8(9)11-13-6-7(16-11)5-10(14)15/h1-4,6H,5H2,(H,14,15). The van der Waals surface area contributed by atoms with Crippen LogP contribution in [0, 0.1) is 0 Å². The molecule has 16 heavy (non-hydrogen) atoms. The average Bonchev–Trinajstić information content (AvgIpc) is 2.66. The molecule has 0 aliphatic heterocycles. The lowest BCUT2D eigenvalue weighted by Gasteiger charge is -1.97. The van der Waals surface area contributed by atoms with Crippen LogP contribution in [-0.4, -0.2) is 16.1 Å². The minimum atomic E-state index is -0.957. The lowest BCUT2D eigenvalue weighted by Crippen LogP contribution is -1.97. The average molecular weight is 238 g/mol. The lowest BCUT2D eigenvalue weighted by atomic mass is 10.2. The van der Waals surface area contributed by atoms with Gasteiger partial charge < -0.3 is 9.52 Å². The van der Waals surface area contributed by atoms with Crippen molar-refractivity contribution in [3.05, 3.63) is 41.2 Å². The number of aromatic nitrogens is 1. The summed E-state index contributed by atoms with van der Waals surface area (Å²) in [4.78, 5) is 14.5. The fourth-order valence-electron chi connectivity index (χ4n) is 1.30. The van der Waals surface area contributed by atoms with Gasteiger partial charge in [-0.3, -0.25) is 4.79 Å². The first-order valence-electron chi connectivity index (χ1n) is 4.58. The number of carbonyl (C=O) groups is 1. The molecular formula is C11H8ClNO3. The highest BCUT2D eigenvalue weighted by Gasteiger charge is 2.11. The van der Waals surface area contributed by atoms with Crippen LogP contribution < -0.4 is 0 Å². The second-order valence-electron chi connectivity index (χ2n) is 3.18. The Morgan fingerprint density at radius 2 is 2.19 bits per heavy atom. The zero-order chi connectivity index (χ0) is 11.5. The number of rotatable bonds is 3. The number of carboxylic acids is 1. The molecular weight excluding hydrogens is 230 g/mol. The van der Waals surface area contributed by atoms with E-state index in [0.29, 0.717) is 22.2 Å². The van der Waals surface area contributed by atoms with Crippen LogP contribution in [-0.2, 0) is 11.2 Å². The van der Waals surface area contributed by atoms with Crippen molar-refractivity contribution in [2.24, 2.45) is 0 Å². The van der Waals surface area contributed by atoms with E-state index in [4.69, 9.17) is 21.1 Å². The van der Waals surface area contributed by atoms with Gasteiger partial charge in [-0.1, -0.05) is 23.7 Å². The molecule has 82 valence electrons. The topological polar surface area (TPSA) is 63.3 Å². The molecule has 0 unspecified atom stereocenters. The van der Waals surface area contributed by atoms with E-state index in [1.165, 1.54) is 6.20 Å². The SMILES string of the molecule is O=C(O)Cc1cnc(-c2ccccc2Cl)o1. The van der Waals surface area contributed by atoms with Crippen LogP contribution in [0.5, 0.6) is 0 Å². The molecule has 0 radical (unpaired) electrons. The van der Waals surface area contributed by atoms with Crippen molar-refractivity contribution in [3.63, 3.8) is 0 Å². The number of oxazole rings is 1. The molecule has 2 rings (SSSR count). The number of hydrogen-bond donors (Lipinski definition) is 1. The van der Waals surface area contributed by atoms with Crippen LogP contribution in [0.4, 0.5) is 0 Å². The quantitative estimate of drug-likeness (QED) is 0.891. The molecule has 0 atom stereocenters. The molecule has 5 heteroatoms. The maximum Gasteiger partial charge on any atom is 0.311 e. The first-order valence-corrected chi connectivity index (χ1v) is 4.96. The number of carboxylic acid groups (broad SMARTS) is 1. The Labute approximate surface area is 96.5 Å². The highest BCUT2D eigenvalue weighted by atomic mass is 35.5. The van der Waals surface area contributed by atoms with E-state index in [1.807, 2.05) is 6.07 Å². The van der Waals surface area contributed by atoms with Crippen molar-refractivity contribution in [3.8, 4) is 11.5 Å². The van der Waals surface area contributed by atoms with E-state index in [9.17, 15) is 4.79 Å². The summed E-state index contributed by atoms with van der Waals surface area (Å²) in [6.07, 6.45) is 1.21. The van der Waals surface area contributed by atoms with Crippen molar-refractivity contribution in [2.75, 3.05) is 0 Å². The molecule has 0 aliphatic carbocycles. The molecule has 0 saturated heterocycles. The van der Waals surface area contributed by atoms with Crippen molar-refractivity contribution in [1.29, 1.82) is 0 Å². The largest absolute Gasteiger partial charge is 0.481 e. The molecule has 0 bridgehead atoms. The van der Waals surface area contributed by atoms with Gasteiger partial charge in [0.05, 0.1) is 16.8 Å². The monoisotopic (exact) mass is 237 g/mol. The van der Waals surface area contributed by atoms with Gasteiger partial charge in [-0.05, 0) is 12.1 Å². The molecule has 1 aromatic heterocycles. The Kier molecular flexibility index (Phi) is 2.92. The Hall–Kier alpha value is -1.81. The number of benzene rings is 1. The summed E-state index contributed by atoms with van der Waals surface area (Å²) in [5.41, 5.74) is 0.654. The summed E-state index contributed by atoms with van der Waals surface area (Å²) in [5.74, 6) is -0.314. The van der Waals surface area contributed by atoms with Gasteiger partial charge in [-0.25, -0.2) is 4.98 Å². The summed E-state index contributed by atoms with van der Waals surface area (Å²) < 4.78 is 5.28. The van der Waals surface area contributed by atoms with Gasteiger partial charge in [0.1, 0.15) is 12.2 Å². The molecule has 1 N–H and O–H groups in total. The predicted octanol–water partition coefficient (Wildman–Crippen LogP) is 2.62. The van der Waals surface area contributed by atoms with Crippen molar-refractivity contribution < 1.29 is 14.3 Å². The van der Waals surface area contributed by atoms with Crippen LogP contribution >= 0.6 is 11.6 Å². The first kappa shape index (κ1) is 10.7. The third-order valence-corrected chi connectivity index (χ3v) is 2.31. The van der Waals surface area contributed by atoms with Crippen molar-refractivity contribution >= 4 is 17.6 Å². The van der Waals surface area contributed by atoms with Gasteiger partial charge >= 0.3 is 5.97 Å². The number of hydrogen-bond acceptors (Lipinski definition) is 3. The van der Waals surface area contributed by atoms with E-state index in [2.05, 4.69) is 4.98 Å². The molecule has 0 spiro atoms. The van der Waals surface area contributed by atoms with Crippen LogP contribution in [0.25, 0.3) is 11.5 Å². The van der Waals surface area contributed by atoms with E-state index in [0.717, 1.165) is 0 Å². The third kappa shape index (κ3) is 2.23. The number of nitrogens with zero attached hydrogens (tertiary/aromatic N) is 1. The third-order valence-electron chi connectivity index (χ3n) is 1.98. The van der Waals surface area contributed by atoms with Gasteiger partial charge in [-0.2, -0.15) is 0 Å². The molecule has 0 saturated carbocycles. The van der Waals surface area contributed by atoms with Crippen LogP contribution in [0.3, 0.4) is 0 Å². The Bertz CT molecular complexity index is 521. The highest BCUT2D eigenvalue weighted by molar-refractivity contribution is 6.33. The summed E-state index contributed by atoms with van der Waals surface area (Å²) in [6.45, 7) is 0. The summed E-state index contributed by atoms with van der Waals surface area (Å²) >= 11 is 5.96. The molecule has 4 nitrogen and oxygen atoms in total. The van der Waals surface area contributed by atoms with Gasteiger partial charge in [0.2, 0.25) is 5.89 Å². The maximum atomic E-state index is 10.5. The fraction of sp³-hybridized carbons (Fsp3) is 0.0909. The van der Waals surface area contributed by atoms with Gasteiger partial charge in [0.15, 0.2) is 0 Å².